The van der Waals surface area contributed by atoms with Gasteiger partial charge < -0.3 is 10.5 Å². The van der Waals surface area contributed by atoms with E-state index in [4.69, 9.17) is 22.1 Å². The zero-order valence-electron chi connectivity index (χ0n) is 10.2. The van der Waals surface area contributed by atoms with Crippen LogP contribution >= 0.6 is 11.6 Å². The van der Waals surface area contributed by atoms with Gasteiger partial charge in [-0.3, -0.25) is 0 Å². The van der Waals surface area contributed by atoms with E-state index in [1.54, 1.807) is 0 Å². The summed E-state index contributed by atoms with van der Waals surface area (Å²) in [5, 5.41) is 0.775. The van der Waals surface area contributed by atoms with Crippen LogP contribution in [0.1, 0.15) is 30.7 Å². The molecule has 1 aromatic carbocycles. The average Bonchev–Trinajstić information content (AvgIpc) is 2.71. The van der Waals surface area contributed by atoms with E-state index in [1.165, 1.54) is 24.8 Å². The maximum absolute atomic E-state index is 5.95. The molecule has 3 rings (SSSR count). The molecular weight excluding hydrogens is 248 g/mol. The Hall–Kier alpha value is -1.22. The van der Waals surface area contributed by atoms with Crippen molar-refractivity contribution in [2.24, 2.45) is 16.6 Å². The molecule has 96 valence electrons. The molecule has 18 heavy (non-hydrogen) atoms. The molecule has 0 amide bonds. The van der Waals surface area contributed by atoms with Crippen molar-refractivity contribution in [2.45, 2.75) is 31.2 Å². The highest BCUT2D eigenvalue weighted by atomic mass is 35.5. The molecule has 2 atom stereocenters. The van der Waals surface area contributed by atoms with Gasteiger partial charge in [-0.25, -0.2) is 4.99 Å². The lowest BCUT2D eigenvalue weighted by molar-refractivity contribution is 0.209. The molecule has 0 spiro atoms. The third-order valence-corrected chi connectivity index (χ3v) is 4.27. The highest BCUT2D eigenvalue weighted by Gasteiger charge is 2.36. The minimum absolute atomic E-state index is 0.163. The van der Waals surface area contributed by atoms with Crippen LogP contribution in [0.15, 0.2) is 29.3 Å². The first-order chi connectivity index (χ1) is 8.74. The number of benzene rings is 1. The predicted octanol–water partition coefficient (Wildman–Crippen LogP) is 2.94. The summed E-state index contributed by atoms with van der Waals surface area (Å²) in [5.74, 6) is 1.12. The van der Waals surface area contributed by atoms with Crippen molar-refractivity contribution < 1.29 is 4.74 Å². The fourth-order valence-electron chi connectivity index (χ4n) is 2.89. The van der Waals surface area contributed by atoms with Crippen LogP contribution in [-0.2, 0) is 4.74 Å². The Morgan fingerprint density at radius 2 is 2.00 bits per heavy atom. The Balaban J connectivity index is 1.87. The van der Waals surface area contributed by atoms with Crippen LogP contribution in [0.2, 0.25) is 5.02 Å². The molecule has 0 aromatic heterocycles. The fourth-order valence-corrected chi connectivity index (χ4v) is 3.01. The van der Waals surface area contributed by atoms with E-state index >= 15 is 0 Å². The molecule has 4 heteroatoms. The van der Waals surface area contributed by atoms with Crippen molar-refractivity contribution in [3.8, 4) is 0 Å². The normalized spacial score (nSPS) is 25.2. The van der Waals surface area contributed by atoms with Crippen molar-refractivity contribution >= 4 is 17.6 Å². The van der Waals surface area contributed by atoms with Gasteiger partial charge in [0.1, 0.15) is 6.61 Å². The maximum Gasteiger partial charge on any atom is 0.282 e. The van der Waals surface area contributed by atoms with Crippen LogP contribution in [0.4, 0.5) is 0 Å². The average molecular weight is 265 g/mol. The predicted molar refractivity (Wildman–Crippen MR) is 72.9 cm³/mol. The Bertz CT molecular complexity index is 453. The van der Waals surface area contributed by atoms with Crippen LogP contribution in [0, 0.1) is 5.92 Å². The molecule has 1 fully saturated rings. The first-order valence-electron chi connectivity index (χ1n) is 6.45. The molecule has 0 saturated heterocycles. The molecule has 1 heterocycles. The standard InChI is InChI=1S/C14H17ClN2O/c15-11-6-4-10(5-7-11)13(9-2-1-3-9)12-8-18-14(16)17-12/h4-7,9,12-13H,1-3,8H2,(H2,16,17). The SMILES string of the molecule is NC1=NC(C(c2ccc(Cl)cc2)C2CCC2)CO1. The van der Waals surface area contributed by atoms with Crippen molar-refractivity contribution in [2.75, 3.05) is 6.61 Å². The molecule has 3 nitrogen and oxygen atoms in total. The van der Waals surface area contributed by atoms with Gasteiger partial charge in [0.05, 0.1) is 6.04 Å². The molecule has 2 unspecified atom stereocenters. The molecule has 0 radical (unpaired) electrons. The quantitative estimate of drug-likeness (QED) is 0.912. The topological polar surface area (TPSA) is 47.6 Å². The number of halogens is 1. The molecule has 2 N–H and O–H groups in total. The zero-order valence-corrected chi connectivity index (χ0v) is 10.9. The third kappa shape index (κ3) is 2.19. The highest BCUT2D eigenvalue weighted by Crippen LogP contribution is 2.43. The third-order valence-electron chi connectivity index (χ3n) is 4.02. The van der Waals surface area contributed by atoms with Crippen molar-refractivity contribution in [3.63, 3.8) is 0 Å². The second kappa shape index (κ2) is 4.81. The number of hydrogen-bond donors (Lipinski definition) is 1. The second-order valence-electron chi connectivity index (χ2n) is 5.11. The Kier molecular flexibility index (Phi) is 3.16. The van der Waals surface area contributed by atoms with E-state index < -0.39 is 0 Å². The molecule has 1 aliphatic heterocycles. The van der Waals surface area contributed by atoms with Crippen molar-refractivity contribution in [1.82, 2.24) is 0 Å². The summed E-state index contributed by atoms with van der Waals surface area (Å²) in [7, 11) is 0. The van der Waals surface area contributed by atoms with Crippen LogP contribution in [-0.4, -0.2) is 18.7 Å². The van der Waals surface area contributed by atoms with Crippen LogP contribution in [0.5, 0.6) is 0 Å². The van der Waals surface area contributed by atoms with Gasteiger partial charge in [-0.2, -0.15) is 0 Å². The summed E-state index contributed by atoms with van der Waals surface area (Å²) in [4.78, 5) is 4.43. The molecule has 0 bridgehead atoms. The Morgan fingerprint density at radius 3 is 2.50 bits per heavy atom. The second-order valence-corrected chi connectivity index (χ2v) is 5.55. The molecule has 1 saturated carbocycles. The summed E-state index contributed by atoms with van der Waals surface area (Å²) in [5.41, 5.74) is 6.93. The Labute approximate surface area is 112 Å². The summed E-state index contributed by atoms with van der Waals surface area (Å²) >= 11 is 5.95. The molecule has 2 aliphatic rings. The van der Waals surface area contributed by atoms with Crippen LogP contribution in [0.25, 0.3) is 0 Å². The lowest BCUT2D eigenvalue weighted by Crippen LogP contribution is -2.30. The highest BCUT2D eigenvalue weighted by molar-refractivity contribution is 6.30. The van der Waals surface area contributed by atoms with E-state index in [-0.39, 0.29) is 6.04 Å². The fraction of sp³-hybridized carbons (Fsp3) is 0.500. The summed E-state index contributed by atoms with van der Waals surface area (Å²) in [6.45, 7) is 0.607. The molecule has 1 aliphatic carbocycles. The van der Waals surface area contributed by atoms with Crippen molar-refractivity contribution in [3.05, 3.63) is 34.9 Å². The van der Waals surface area contributed by atoms with Crippen molar-refractivity contribution in [1.29, 1.82) is 0 Å². The van der Waals surface area contributed by atoms with E-state index in [0.29, 0.717) is 24.5 Å². The van der Waals surface area contributed by atoms with Gasteiger partial charge in [0.2, 0.25) is 0 Å². The van der Waals surface area contributed by atoms with Gasteiger partial charge in [-0.1, -0.05) is 30.2 Å². The smallest absolute Gasteiger partial charge is 0.282 e. The number of amidine groups is 1. The van der Waals surface area contributed by atoms with Gasteiger partial charge in [-0.15, -0.1) is 0 Å². The summed E-state index contributed by atoms with van der Waals surface area (Å²) < 4.78 is 5.31. The van der Waals surface area contributed by atoms with E-state index in [0.717, 1.165) is 5.02 Å². The first kappa shape index (κ1) is 11.8. The summed E-state index contributed by atoms with van der Waals surface area (Å²) in [6, 6.07) is 8.61. The number of hydrogen-bond acceptors (Lipinski definition) is 3. The van der Waals surface area contributed by atoms with E-state index in [2.05, 4.69) is 17.1 Å². The largest absolute Gasteiger partial charge is 0.463 e. The lowest BCUT2D eigenvalue weighted by atomic mass is 9.70. The van der Waals surface area contributed by atoms with Gasteiger partial charge in [0, 0.05) is 10.9 Å². The minimum atomic E-state index is 0.163. The number of nitrogens with zero attached hydrogens (tertiary/aromatic N) is 1. The molecule has 1 aromatic rings. The number of rotatable bonds is 3. The zero-order chi connectivity index (χ0) is 12.5. The lowest BCUT2D eigenvalue weighted by Gasteiger charge is -2.36. The number of aliphatic imine (C=N–C) groups is 1. The minimum Gasteiger partial charge on any atom is -0.463 e. The van der Waals surface area contributed by atoms with Crippen LogP contribution < -0.4 is 5.73 Å². The monoisotopic (exact) mass is 264 g/mol. The van der Waals surface area contributed by atoms with Crippen LogP contribution in [0.3, 0.4) is 0 Å². The Morgan fingerprint density at radius 1 is 1.28 bits per heavy atom. The maximum atomic E-state index is 5.95. The first-order valence-corrected chi connectivity index (χ1v) is 6.83. The number of nitrogens with two attached hydrogens (primary N) is 1. The van der Waals surface area contributed by atoms with Gasteiger partial charge in [0.25, 0.3) is 6.02 Å². The number of ether oxygens (including phenoxy) is 1. The van der Waals surface area contributed by atoms with E-state index in [9.17, 15) is 0 Å². The van der Waals surface area contributed by atoms with Gasteiger partial charge in [-0.05, 0) is 36.5 Å². The van der Waals surface area contributed by atoms with Gasteiger partial charge >= 0.3 is 0 Å². The summed E-state index contributed by atoms with van der Waals surface area (Å²) in [6.07, 6.45) is 3.87. The molecular formula is C14H17ClN2O. The van der Waals surface area contributed by atoms with E-state index in [1.807, 2.05) is 12.1 Å². The van der Waals surface area contributed by atoms with Gasteiger partial charge in [0.15, 0.2) is 0 Å².